The molecule has 1 saturated carbocycles. The highest BCUT2D eigenvalue weighted by atomic mass is 14.4. The van der Waals surface area contributed by atoms with Crippen LogP contribution in [0.4, 0.5) is 0 Å². The Labute approximate surface area is 65.0 Å². The third-order valence-electron chi connectivity index (χ3n) is 2.20. The van der Waals surface area contributed by atoms with Gasteiger partial charge in [0.1, 0.15) is 0 Å². The van der Waals surface area contributed by atoms with Gasteiger partial charge in [0.2, 0.25) is 0 Å². The molecule has 0 bridgehead atoms. The van der Waals surface area contributed by atoms with E-state index in [-0.39, 0.29) is 0 Å². The second-order valence-corrected chi connectivity index (χ2v) is 3.38. The molecule has 62 valence electrons. The van der Waals surface area contributed by atoms with E-state index in [1.54, 1.807) is 0 Å². The van der Waals surface area contributed by atoms with Gasteiger partial charge in [-0.3, -0.25) is 0 Å². The van der Waals surface area contributed by atoms with Crippen LogP contribution in [0.25, 0.3) is 0 Å². The molecule has 1 nitrogen and oxygen atoms in total. The van der Waals surface area contributed by atoms with Crippen LogP contribution < -0.4 is 5.73 Å². The molecule has 1 aliphatic rings. The second-order valence-electron chi connectivity index (χ2n) is 3.38. The summed E-state index contributed by atoms with van der Waals surface area (Å²) in [6.45, 7) is 4.74. The van der Waals surface area contributed by atoms with Crippen molar-refractivity contribution < 1.29 is 0 Å². The Balaban J connectivity index is 0.000000371. The van der Waals surface area contributed by atoms with Gasteiger partial charge in [-0.25, -0.2) is 0 Å². The van der Waals surface area contributed by atoms with E-state index in [9.17, 15) is 0 Å². The molecule has 0 aromatic rings. The van der Waals surface area contributed by atoms with E-state index in [2.05, 4.69) is 19.6 Å². The molecule has 0 spiro atoms. The standard InChI is InChI=1S/C8H16.CH5N/c1-7-4-3-5-8(2)6-7;1-2/h7-8H,3-6H2,1-2H3;2H2,1H3. The van der Waals surface area contributed by atoms with Gasteiger partial charge in [-0.2, -0.15) is 0 Å². The van der Waals surface area contributed by atoms with Crippen LogP contribution in [0.15, 0.2) is 0 Å². The van der Waals surface area contributed by atoms with Gasteiger partial charge in [0, 0.05) is 0 Å². The predicted molar refractivity (Wildman–Crippen MR) is 46.9 cm³/mol. The molecule has 2 unspecified atom stereocenters. The van der Waals surface area contributed by atoms with Crippen molar-refractivity contribution in [3.8, 4) is 0 Å². The first-order chi connectivity index (χ1) is 4.79. The molecule has 2 atom stereocenters. The molecule has 1 heteroatoms. The van der Waals surface area contributed by atoms with E-state index in [1.165, 1.54) is 32.7 Å². The van der Waals surface area contributed by atoms with Crippen molar-refractivity contribution in [2.24, 2.45) is 17.6 Å². The van der Waals surface area contributed by atoms with Gasteiger partial charge in [0.05, 0.1) is 0 Å². The zero-order valence-corrected chi connectivity index (χ0v) is 7.56. The lowest BCUT2D eigenvalue weighted by molar-refractivity contribution is 0.301. The van der Waals surface area contributed by atoms with E-state index >= 15 is 0 Å². The van der Waals surface area contributed by atoms with Gasteiger partial charge >= 0.3 is 0 Å². The van der Waals surface area contributed by atoms with Gasteiger partial charge in [0.25, 0.3) is 0 Å². The van der Waals surface area contributed by atoms with Crippen LogP contribution in [0.5, 0.6) is 0 Å². The predicted octanol–water partition coefficient (Wildman–Crippen LogP) is 2.41. The van der Waals surface area contributed by atoms with Crippen LogP contribution in [0.2, 0.25) is 0 Å². The highest BCUT2D eigenvalue weighted by molar-refractivity contribution is 4.66. The van der Waals surface area contributed by atoms with Crippen molar-refractivity contribution in [2.45, 2.75) is 39.5 Å². The summed E-state index contributed by atoms with van der Waals surface area (Å²) in [5.41, 5.74) is 4.50. The molecule has 0 aromatic carbocycles. The van der Waals surface area contributed by atoms with Gasteiger partial charge in [-0.15, -0.1) is 0 Å². The maximum Gasteiger partial charge on any atom is -0.0195 e. The minimum Gasteiger partial charge on any atom is -0.333 e. The summed E-state index contributed by atoms with van der Waals surface area (Å²) in [6, 6.07) is 0. The zero-order chi connectivity index (χ0) is 7.98. The maximum absolute atomic E-state index is 4.50. The minimum absolute atomic E-state index is 1.01. The Morgan fingerprint density at radius 3 is 1.60 bits per heavy atom. The van der Waals surface area contributed by atoms with Gasteiger partial charge in [-0.1, -0.05) is 33.1 Å². The summed E-state index contributed by atoms with van der Waals surface area (Å²) in [6.07, 6.45) is 5.90. The normalized spacial score (nSPS) is 32.4. The summed E-state index contributed by atoms with van der Waals surface area (Å²) < 4.78 is 0. The fourth-order valence-corrected chi connectivity index (χ4v) is 1.74. The van der Waals surface area contributed by atoms with E-state index < -0.39 is 0 Å². The molecule has 0 saturated heterocycles. The van der Waals surface area contributed by atoms with Gasteiger partial charge in [-0.05, 0) is 25.3 Å². The SMILES string of the molecule is CC1CCCC(C)C1.CN. The molecule has 1 rings (SSSR count). The maximum atomic E-state index is 4.50. The summed E-state index contributed by atoms with van der Waals surface area (Å²) in [4.78, 5) is 0. The van der Waals surface area contributed by atoms with Crippen molar-refractivity contribution >= 4 is 0 Å². The third-order valence-corrected chi connectivity index (χ3v) is 2.20. The first-order valence-corrected chi connectivity index (χ1v) is 4.37. The highest BCUT2D eigenvalue weighted by Crippen LogP contribution is 2.27. The van der Waals surface area contributed by atoms with Crippen LogP contribution in [-0.4, -0.2) is 7.05 Å². The Kier molecular flexibility index (Phi) is 5.70. The number of hydrogen-bond donors (Lipinski definition) is 1. The van der Waals surface area contributed by atoms with E-state index in [1.807, 2.05) is 0 Å². The smallest absolute Gasteiger partial charge is 0.0195 e. The van der Waals surface area contributed by atoms with Crippen LogP contribution in [0, 0.1) is 11.8 Å². The van der Waals surface area contributed by atoms with Crippen molar-refractivity contribution in [2.75, 3.05) is 7.05 Å². The molecule has 0 aromatic heterocycles. The Morgan fingerprint density at radius 1 is 1.00 bits per heavy atom. The van der Waals surface area contributed by atoms with Crippen LogP contribution >= 0.6 is 0 Å². The van der Waals surface area contributed by atoms with E-state index in [4.69, 9.17) is 0 Å². The molecule has 0 aliphatic heterocycles. The van der Waals surface area contributed by atoms with Gasteiger partial charge < -0.3 is 5.73 Å². The monoisotopic (exact) mass is 143 g/mol. The van der Waals surface area contributed by atoms with Crippen molar-refractivity contribution in [3.63, 3.8) is 0 Å². The van der Waals surface area contributed by atoms with Crippen LogP contribution in [0.3, 0.4) is 0 Å². The first kappa shape index (κ1) is 9.96. The van der Waals surface area contributed by atoms with Crippen molar-refractivity contribution in [1.29, 1.82) is 0 Å². The average molecular weight is 143 g/mol. The molecule has 0 amide bonds. The Hall–Kier alpha value is -0.0400. The molecule has 0 heterocycles. The number of rotatable bonds is 0. The highest BCUT2D eigenvalue weighted by Gasteiger charge is 2.13. The van der Waals surface area contributed by atoms with Crippen molar-refractivity contribution in [3.05, 3.63) is 0 Å². The fourth-order valence-electron chi connectivity index (χ4n) is 1.74. The third kappa shape index (κ3) is 3.89. The van der Waals surface area contributed by atoms with E-state index in [0.717, 1.165) is 11.8 Å². The zero-order valence-electron chi connectivity index (χ0n) is 7.56. The lowest BCUT2D eigenvalue weighted by atomic mass is 9.84. The lowest BCUT2D eigenvalue weighted by Crippen LogP contribution is -2.09. The van der Waals surface area contributed by atoms with Gasteiger partial charge in [0.15, 0.2) is 0 Å². The summed E-state index contributed by atoms with van der Waals surface area (Å²) in [5.74, 6) is 2.03. The quantitative estimate of drug-likeness (QED) is 0.553. The molecular weight excluding hydrogens is 122 g/mol. The Bertz CT molecular complexity index is 63.1. The second kappa shape index (κ2) is 5.72. The topological polar surface area (TPSA) is 26.0 Å². The Morgan fingerprint density at radius 2 is 1.40 bits per heavy atom. The number of nitrogens with two attached hydrogens (primary N) is 1. The summed E-state index contributed by atoms with van der Waals surface area (Å²) in [5, 5.41) is 0. The first-order valence-electron chi connectivity index (χ1n) is 4.37. The van der Waals surface area contributed by atoms with Crippen LogP contribution in [-0.2, 0) is 0 Å². The van der Waals surface area contributed by atoms with Crippen molar-refractivity contribution in [1.82, 2.24) is 0 Å². The molecule has 1 fully saturated rings. The fraction of sp³-hybridized carbons (Fsp3) is 1.00. The molecule has 0 radical (unpaired) electrons. The molecular formula is C9H21N. The molecule has 2 N–H and O–H groups in total. The number of hydrogen-bond acceptors (Lipinski definition) is 1. The molecule has 10 heavy (non-hydrogen) atoms. The summed E-state index contributed by atoms with van der Waals surface area (Å²) in [7, 11) is 1.50. The minimum atomic E-state index is 1.01. The van der Waals surface area contributed by atoms with Crippen LogP contribution in [0.1, 0.15) is 39.5 Å². The molecule has 1 aliphatic carbocycles. The summed E-state index contributed by atoms with van der Waals surface area (Å²) >= 11 is 0. The average Bonchev–Trinajstić information content (AvgIpc) is 1.91. The van der Waals surface area contributed by atoms with E-state index in [0.29, 0.717) is 0 Å². The largest absolute Gasteiger partial charge is 0.333 e. The lowest BCUT2D eigenvalue weighted by Gasteiger charge is -2.22.